The second-order valence-electron chi connectivity index (χ2n) is 21.5. The number of aromatic amines is 4. The van der Waals surface area contributed by atoms with Crippen LogP contribution in [0.5, 0.6) is 0 Å². The molecule has 4 N–H and O–H groups in total. The minimum Gasteiger partial charge on any atom is -0.381 e. The highest BCUT2D eigenvalue weighted by molar-refractivity contribution is 5.87. The Morgan fingerprint density at radius 1 is 0.295 bits per heavy atom. The largest absolute Gasteiger partial charge is 0.381 e. The van der Waals surface area contributed by atoms with Crippen LogP contribution in [0.4, 0.5) is 66.7 Å². The zero-order valence-electron chi connectivity index (χ0n) is 48.9. The predicted molar refractivity (Wildman–Crippen MR) is 319 cm³/mol. The molecule has 0 spiro atoms. The summed E-state index contributed by atoms with van der Waals surface area (Å²) < 4.78 is 170. The van der Waals surface area contributed by atoms with E-state index in [-0.39, 0.29) is 45.6 Å². The molecule has 0 saturated carbocycles. The molecule has 4 fully saturated rings. The number of nitrogens with zero attached hydrogens (tertiary/aromatic N) is 4. The molecule has 88 heavy (non-hydrogen) atoms. The molecule has 4 aromatic carbocycles. The first-order valence-electron chi connectivity index (χ1n) is 29.0. The summed E-state index contributed by atoms with van der Waals surface area (Å²) in [6.45, 7) is 15.3. The van der Waals surface area contributed by atoms with Crippen molar-refractivity contribution >= 4 is 47.6 Å². The van der Waals surface area contributed by atoms with Gasteiger partial charge in [-0.2, -0.15) is 0 Å². The molecule has 8 aromatic rings. The summed E-state index contributed by atoms with van der Waals surface area (Å²) in [6.07, 6.45) is 15.7. The maximum absolute atomic E-state index is 15.6. The highest BCUT2D eigenvalue weighted by Gasteiger charge is 2.35. The van der Waals surface area contributed by atoms with Gasteiger partial charge >= 0.3 is 0 Å². The van der Waals surface area contributed by atoms with Crippen molar-refractivity contribution in [3.8, 4) is 0 Å². The number of fused-ring (bicyclic) bond motifs is 10. The summed E-state index contributed by atoms with van der Waals surface area (Å²) in [5, 5.41) is 0. The van der Waals surface area contributed by atoms with Gasteiger partial charge in [-0.3, -0.25) is 20.0 Å². The van der Waals surface area contributed by atoms with Crippen LogP contribution in [0.1, 0.15) is 142 Å². The summed E-state index contributed by atoms with van der Waals surface area (Å²) in [4.78, 5) is 30.4. The van der Waals surface area contributed by atoms with E-state index in [1.807, 2.05) is 27.7 Å². The first-order chi connectivity index (χ1) is 42.5. The van der Waals surface area contributed by atoms with Crippen LogP contribution in [-0.2, 0) is 18.9 Å². The molecule has 0 unspecified atom stereocenters. The van der Waals surface area contributed by atoms with Crippen molar-refractivity contribution in [3.05, 3.63) is 210 Å². The number of benzene rings is 4. The van der Waals surface area contributed by atoms with Gasteiger partial charge in [0, 0.05) is 86.8 Å². The highest BCUT2D eigenvalue weighted by atomic mass is 19.2. The van der Waals surface area contributed by atoms with E-state index in [1.165, 1.54) is 125 Å². The lowest BCUT2D eigenvalue weighted by molar-refractivity contribution is 0.198. The third-order valence-corrected chi connectivity index (χ3v) is 15.1. The predicted octanol–water partition coefficient (Wildman–Crippen LogP) is 16.5. The van der Waals surface area contributed by atoms with Crippen molar-refractivity contribution in [2.45, 2.75) is 90.9 Å². The monoisotopic (exact) mass is 1220 g/mol. The summed E-state index contributed by atoms with van der Waals surface area (Å²) in [5.74, 6) is -24.3. The molecular weight excluding hydrogens is 1160 g/mol. The Kier molecular flexibility index (Phi) is 22.0. The van der Waals surface area contributed by atoms with Crippen molar-refractivity contribution in [2.75, 3.05) is 52.9 Å². The van der Waals surface area contributed by atoms with E-state index in [2.05, 4.69) is 39.9 Å². The van der Waals surface area contributed by atoms with Crippen LogP contribution in [0, 0.1) is 85.9 Å². The van der Waals surface area contributed by atoms with Crippen LogP contribution in [-0.4, -0.2) is 97.6 Å². The Bertz CT molecular complexity index is 3320. The average molecular weight is 1230 g/mol. The molecule has 0 aliphatic carbocycles. The zero-order valence-corrected chi connectivity index (χ0v) is 48.9. The molecule has 0 atom stereocenters. The number of halogens is 10. The highest BCUT2D eigenvalue weighted by Crippen LogP contribution is 2.40. The van der Waals surface area contributed by atoms with Gasteiger partial charge in [0.15, 0.2) is 46.5 Å². The van der Waals surface area contributed by atoms with Gasteiger partial charge in [0.1, 0.15) is 0 Å². The van der Waals surface area contributed by atoms with Crippen molar-refractivity contribution in [1.82, 2.24) is 19.9 Å². The lowest BCUT2D eigenvalue weighted by Gasteiger charge is -2.18. The number of rotatable bonds is 2. The second-order valence-corrected chi connectivity index (χ2v) is 21.5. The van der Waals surface area contributed by atoms with Gasteiger partial charge in [-0.25, -0.2) is 43.9 Å². The van der Waals surface area contributed by atoms with Crippen molar-refractivity contribution < 1.29 is 62.9 Å². The number of aliphatic imine (C=N–C) groups is 4. The molecule has 5 aliphatic rings. The van der Waals surface area contributed by atoms with E-state index in [4.69, 9.17) is 18.9 Å². The smallest absolute Gasteiger partial charge is 0.200 e. The number of aromatic nitrogens is 4. The van der Waals surface area contributed by atoms with E-state index in [0.29, 0.717) is 22.7 Å². The maximum Gasteiger partial charge on any atom is 0.200 e. The number of hydrogen-bond donors (Lipinski definition) is 4. The van der Waals surface area contributed by atoms with E-state index in [9.17, 15) is 26.3 Å². The first-order valence-corrected chi connectivity index (χ1v) is 29.0. The van der Waals surface area contributed by atoms with Crippen molar-refractivity contribution in [1.29, 1.82) is 0 Å². The lowest BCUT2D eigenvalue weighted by Crippen LogP contribution is -2.14. The Hall–Kier alpha value is -8.18. The lowest BCUT2D eigenvalue weighted by atomic mass is 9.91. The molecular formula is C66H66F10N8O4. The number of aryl methyl sites for hydroxylation is 4. The molecule has 5 aliphatic heterocycles. The molecule has 0 amide bonds. The van der Waals surface area contributed by atoms with Crippen LogP contribution < -0.4 is 0 Å². The Balaban J connectivity index is 0.000000388. The molecule has 0 radical (unpaired) electrons. The molecule has 12 nitrogen and oxygen atoms in total. The first kappa shape index (κ1) is 64.3. The minimum absolute atomic E-state index is 0.0322. The number of nitrogens with one attached hydrogen (secondary N) is 4. The molecule has 8 bridgehead atoms. The summed E-state index contributed by atoms with van der Waals surface area (Å²) in [7, 11) is 0. The molecule has 9 heterocycles. The Morgan fingerprint density at radius 2 is 0.489 bits per heavy atom. The fraction of sp³-hybridized carbons (Fsp3) is 0.333. The van der Waals surface area contributed by atoms with Gasteiger partial charge < -0.3 is 38.9 Å². The van der Waals surface area contributed by atoms with Crippen LogP contribution >= 0.6 is 0 Å². The van der Waals surface area contributed by atoms with Crippen molar-refractivity contribution in [3.63, 3.8) is 0 Å². The van der Waals surface area contributed by atoms with Gasteiger partial charge in [-0.05, 0) is 174 Å². The fourth-order valence-electron chi connectivity index (χ4n) is 9.98. The SMILES string of the molecule is C1CCOC1.C1CCOC1.C1CCOC1.C1CCOC1.Cc1cc2c(cc1C)N=Cc1ccc([nH]1)C(c1c(F)c(F)c(F)c(F)c1F)c1ccc([nH]1)C=Nc1cc(C)c(C)cc1N=Cc1ccc([nH]1)C(c1c(F)c(F)c(F)c(F)c1F)c1ccc([nH]1)C=N2. The van der Waals surface area contributed by atoms with Crippen LogP contribution in [0.15, 0.2) is 92.8 Å². The molecule has 4 aromatic heterocycles. The van der Waals surface area contributed by atoms with Gasteiger partial charge in [-0.15, -0.1) is 0 Å². The van der Waals surface area contributed by atoms with Gasteiger partial charge in [-0.1, -0.05) is 0 Å². The quantitative estimate of drug-likeness (QED) is 0.0774. The number of hydrogen-bond acceptors (Lipinski definition) is 8. The summed E-state index contributed by atoms with van der Waals surface area (Å²) in [5.41, 5.74) is 3.53. The number of ether oxygens (including phenoxy) is 4. The van der Waals surface area contributed by atoms with Gasteiger partial charge in [0.25, 0.3) is 0 Å². The van der Waals surface area contributed by atoms with Gasteiger partial charge in [0.05, 0.1) is 82.2 Å². The van der Waals surface area contributed by atoms with E-state index < -0.39 is 81.1 Å². The molecule has 22 heteroatoms. The topological polar surface area (TPSA) is 150 Å². The van der Waals surface area contributed by atoms with Crippen molar-refractivity contribution in [2.24, 2.45) is 20.0 Å². The number of H-pyrrole nitrogens is 4. The standard InChI is InChI=1S/C50H34F10N8.4C4H8O/c1-21-13-33-34(14-22(21)2)62-18-26-6-10-30(66-26)38(40-43(53)47(57)50(60)48(58)44(40)54)32-12-8-28(68-32)20-64-36-16-24(4)23(3)15-35(36)63-19-27-7-11-31(67-27)37(29-9-5-25(65-29)17-61-33)39-41(51)45(55)49(59)46(56)42(39)52;4*1-2-4-5-3-1/h5-20,37-38,65-68H,1-4H3;4*1-4H2. The van der Waals surface area contributed by atoms with E-state index >= 15 is 17.6 Å². The Morgan fingerprint density at radius 3 is 0.670 bits per heavy atom. The van der Waals surface area contributed by atoms with E-state index in [1.54, 1.807) is 24.3 Å². The Labute approximate surface area is 502 Å². The normalized spacial score (nSPS) is 17.0. The average Bonchev–Trinajstić information content (AvgIpc) is 3.81. The fourth-order valence-corrected chi connectivity index (χ4v) is 9.98. The zero-order chi connectivity index (χ0) is 62.4. The molecule has 13 rings (SSSR count). The summed E-state index contributed by atoms with van der Waals surface area (Å²) >= 11 is 0. The van der Waals surface area contributed by atoms with Crippen LogP contribution in [0.2, 0.25) is 0 Å². The molecule has 464 valence electrons. The van der Waals surface area contributed by atoms with Crippen LogP contribution in [0.25, 0.3) is 0 Å². The van der Waals surface area contributed by atoms with Crippen LogP contribution in [0.3, 0.4) is 0 Å². The van der Waals surface area contributed by atoms with E-state index in [0.717, 1.165) is 75.1 Å². The van der Waals surface area contributed by atoms with Gasteiger partial charge in [0.2, 0.25) is 11.6 Å². The third kappa shape index (κ3) is 15.6. The third-order valence-electron chi connectivity index (χ3n) is 15.1. The second kappa shape index (κ2) is 30.2. The summed E-state index contributed by atoms with van der Waals surface area (Å²) in [6, 6.07) is 18.6. The molecule has 4 saturated heterocycles. The maximum atomic E-state index is 15.6. The minimum atomic E-state index is -2.31.